The molecule has 0 aliphatic rings. The fourth-order valence-corrected chi connectivity index (χ4v) is 2.14. The Morgan fingerprint density at radius 3 is 2.52 bits per heavy atom. The molecule has 1 amide bonds. The van der Waals surface area contributed by atoms with Crippen molar-refractivity contribution in [1.29, 1.82) is 0 Å². The number of rotatable bonds is 5. The smallest absolute Gasteiger partial charge is 0.408 e. The van der Waals surface area contributed by atoms with Crippen LogP contribution >= 0.6 is 11.6 Å². The Morgan fingerprint density at radius 2 is 1.91 bits per heavy atom. The lowest BCUT2D eigenvalue weighted by atomic mass is 10.1. The topological polar surface area (TPSA) is 75.6 Å². The number of carbonyl (C=O) groups is 2. The molecule has 2 rings (SSSR count). The summed E-state index contributed by atoms with van der Waals surface area (Å²) in [5.74, 6) is -2.05. The molecule has 1 unspecified atom stereocenters. The highest BCUT2D eigenvalue weighted by Crippen LogP contribution is 2.20. The van der Waals surface area contributed by atoms with Gasteiger partial charge in [-0.05, 0) is 29.3 Å². The molecule has 0 heterocycles. The van der Waals surface area contributed by atoms with E-state index in [9.17, 15) is 19.1 Å². The molecule has 0 fully saturated rings. The third kappa shape index (κ3) is 4.96. The first kappa shape index (κ1) is 16.8. The first-order valence-electron chi connectivity index (χ1n) is 6.61. The normalized spacial score (nSPS) is 11.6. The molecule has 120 valence electrons. The minimum atomic E-state index is -1.47. The Hall–Kier alpha value is -2.60. The van der Waals surface area contributed by atoms with Crippen molar-refractivity contribution in [3.8, 4) is 0 Å². The number of carboxylic acid groups (broad SMARTS) is 1. The lowest BCUT2D eigenvalue weighted by molar-refractivity contribution is -0.139. The summed E-state index contributed by atoms with van der Waals surface area (Å²) < 4.78 is 18.3. The average molecular weight is 338 g/mol. The van der Waals surface area contributed by atoms with E-state index < -0.39 is 23.9 Å². The maximum atomic E-state index is 13.3. The number of amides is 1. The van der Waals surface area contributed by atoms with Gasteiger partial charge in [-0.1, -0.05) is 41.9 Å². The minimum Gasteiger partial charge on any atom is -0.479 e. The number of carbonyl (C=O) groups excluding carboxylic acids is 1. The third-order valence-electron chi connectivity index (χ3n) is 2.94. The molecule has 0 aliphatic carbocycles. The van der Waals surface area contributed by atoms with E-state index in [0.29, 0.717) is 0 Å². The van der Waals surface area contributed by atoms with Gasteiger partial charge in [-0.15, -0.1) is 0 Å². The van der Waals surface area contributed by atoms with E-state index in [1.54, 1.807) is 24.3 Å². The lowest BCUT2D eigenvalue weighted by Crippen LogP contribution is -2.34. The summed E-state index contributed by atoms with van der Waals surface area (Å²) in [5.41, 5.74) is 0.766. The molecule has 2 N–H and O–H groups in total. The molecule has 0 radical (unpaired) electrons. The molecular weight excluding hydrogens is 325 g/mol. The van der Waals surface area contributed by atoms with Crippen molar-refractivity contribution in [3.05, 3.63) is 70.5 Å². The standard InChI is InChI=1S/C16H13ClFNO4/c17-12-6-11(7-13(18)8-12)14(15(20)21)19-16(22)23-9-10-4-2-1-3-5-10/h1-8,14H,9H2,(H,19,22)(H,20,21). The van der Waals surface area contributed by atoms with Crippen LogP contribution in [0.15, 0.2) is 48.5 Å². The predicted octanol–water partition coefficient (Wildman–Crippen LogP) is 3.53. The maximum absolute atomic E-state index is 13.3. The van der Waals surface area contributed by atoms with Crippen LogP contribution in [0.25, 0.3) is 0 Å². The van der Waals surface area contributed by atoms with Crippen molar-refractivity contribution >= 4 is 23.7 Å². The molecule has 0 saturated heterocycles. The van der Waals surface area contributed by atoms with Gasteiger partial charge in [0.15, 0.2) is 6.04 Å². The largest absolute Gasteiger partial charge is 0.479 e. The van der Waals surface area contributed by atoms with Crippen molar-refractivity contribution in [2.24, 2.45) is 0 Å². The number of nitrogens with one attached hydrogen (secondary N) is 1. The SMILES string of the molecule is O=C(NC(C(=O)O)c1cc(F)cc(Cl)c1)OCc1ccccc1. The zero-order chi connectivity index (χ0) is 16.8. The summed E-state index contributed by atoms with van der Waals surface area (Å²) in [7, 11) is 0. The Morgan fingerprint density at radius 1 is 1.22 bits per heavy atom. The van der Waals surface area contributed by atoms with Gasteiger partial charge in [-0.3, -0.25) is 0 Å². The zero-order valence-corrected chi connectivity index (χ0v) is 12.6. The van der Waals surface area contributed by atoms with Crippen LogP contribution in [0.3, 0.4) is 0 Å². The second-order valence-electron chi connectivity index (χ2n) is 4.68. The number of hydrogen-bond acceptors (Lipinski definition) is 3. The van der Waals surface area contributed by atoms with E-state index in [2.05, 4.69) is 5.32 Å². The second kappa shape index (κ2) is 7.60. The van der Waals surface area contributed by atoms with Gasteiger partial charge >= 0.3 is 12.1 Å². The van der Waals surface area contributed by atoms with Crippen LogP contribution < -0.4 is 5.32 Å². The highest BCUT2D eigenvalue weighted by molar-refractivity contribution is 6.30. The molecule has 0 saturated carbocycles. The Kier molecular flexibility index (Phi) is 5.54. The van der Waals surface area contributed by atoms with Gasteiger partial charge in [0.1, 0.15) is 12.4 Å². The van der Waals surface area contributed by atoms with E-state index in [4.69, 9.17) is 16.3 Å². The number of ether oxygens (including phenoxy) is 1. The zero-order valence-electron chi connectivity index (χ0n) is 11.8. The number of alkyl carbamates (subject to hydrolysis) is 1. The van der Waals surface area contributed by atoms with Gasteiger partial charge in [0.05, 0.1) is 0 Å². The molecule has 0 bridgehead atoms. The van der Waals surface area contributed by atoms with Crippen molar-refractivity contribution < 1.29 is 23.8 Å². The Labute approximate surface area is 136 Å². The van der Waals surface area contributed by atoms with Gasteiger partial charge in [0, 0.05) is 5.02 Å². The molecule has 23 heavy (non-hydrogen) atoms. The summed E-state index contributed by atoms with van der Waals surface area (Å²) in [6.45, 7) is -0.0110. The highest BCUT2D eigenvalue weighted by Gasteiger charge is 2.23. The van der Waals surface area contributed by atoms with Crippen LogP contribution in [0.4, 0.5) is 9.18 Å². The predicted molar refractivity (Wildman–Crippen MR) is 81.5 cm³/mol. The molecule has 0 aromatic heterocycles. The summed E-state index contributed by atoms with van der Waals surface area (Å²) in [6.07, 6.45) is -0.929. The van der Waals surface area contributed by atoms with Crippen LogP contribution in [0.2, 0.25) is 5.02 Å². The molecule has 1 atom stereocenters. The van der Waals surface area contributed by atoms with E-state index in [1.807, 2.05) is 6.07 Å². The summed E-state index contributed by atoms with van der Waals surface area (Å²) in [5, 5.41) is 11.4. The fourth-order valence-electron chi connectivity index (χ4n) is 1.91. The van der Waals surface area contributed by atoms with Crippen molar-refractivity contribution in [2.75, 3.05) is 0 Å². The average Bonchev–Trinajstić information content (AvgIpc) is 2.50. The first-order valence-corrected chi connectivity index (χ1v) is 6.99. The van der Waals surface area contributed by atoms with Crippen LogP contribution in [0.5, 0.6) is 0 Å². The van der Waals surface area contributed by atoms with E-state index in [-0.39, 0.29) is 17.2 Å². The third-order valence-corrected chi connectivity index (χ3v) is 3.16. The van der Waals surface area contributed by atoms with Gasteiger partial charge in [-0.2, -0.15) is 0 Å². The van der Waals surface area contributed by atoms with Gasteiger partial charge in [-0.25, -0.2) is 14.0 Å². The number of benzene rings is 2. The number of halogens is 2. The first-order chi connectivity index (χ1) is 11.0. The highest BCUT2D eigenvalue weighted by atomic mass is 35.5. The number of carboxylic acids is 1. The Bertz CT molecular complexity index is 688. The molecule has 7 heteroatoms. The number of aliphatic carboxylic acids is 1. The quantitative estimate of drug-likeness (QED) is 0.875. The molecule has 2 aromatic rings. The van der Waals surface area contributed by atoms with Crippen LogP contribution in [0.1, 0.15) is 17.2 Å². The van der Waals surface area contributed by atoms with Crippen LogP contribution in [0, 0.1) is 5.82 Å². The minimum absolute atomic E-state index is 0.0110. The molecule has 5 nitrogen and oxygen atoms in total. The fraction of sp³-hybridized carbons (Fsp3) is 0.125. The van der Waals surface area contributed by atoms with Gasteiger partial charge < -0.3 is 15.2 Å². The van der Waals surface area contributed by atoms with Gasteiger partial charge in [0.25, 0.3) is 0 Å². The number of hydrogen-bond donors (Lipinski definition) is 2. The summed E-state index contributed by atoms with van der Waals surface area (Å²) in [6, 6.07) is 10.7. The molecule has 2 aromatic carbocycles. The van der Waals surface area contributed by atoms with Crippen molar-refractivity contribution in [3.63, 3.8) is 0 Å². The van der Waals surface area contributed by atoms with E-state index in [0.717, 1.165) is 17.7 Å². The van der Waals surface area contributed by atoms with Gasteiger partial charge in [0.2, 0.25) is 0 Å². The Balaban J connectivity index is 2.04. The monoisotopic (exact) mass is 337 g/mol. The summed E-state index contributed by atoms with van der Waals surface area (Å²) in [4.78, 5) is 23.0. The molecule has 0 aliphatic heterocycles. The van der Waals surface area contributed by atoms with Crippen LogP contribution in [-0.4, -0.2) is 17.2 Å². The molecular formula is C16H13ClFNO4. The van der Waals surface area contributed by atoms with Crippen molar-refractivity contribution in [1.82, 2.24) is 5.32 Å². The van der Waals surface area contributed by atoms with E-state index in [1.165, 1.54) is 6.07 Å². The summed E-state index contributed by atoms with van der Waals surface area (Å²) >= 11 is 5.70. The van der Waals surface area contributed by atoms with Crippen LogP contribution in [-0.2, 0) is 16.1 Å². The second-order valence-corrected chi connectivity index (χ2v) is 5.12. The maximum Gasteiger partial charge on any atom is 0.408 e. The van der Waals surface area contributed by atoms with Crippen molar-refractivity contribution in [2.45, 2.75) is 12.6 Å². The van der Waals surface area contributed by atoms with E-state index >= 15 is 0 Å². The molecule has 0 spiro atoms. The lowest BCUT2D eigenvalue weighted by Gasteiger charge is -2.15.